The van der Waals surface area contributed by atoms with Gasteiger partial charge in [-0.2, -0.15) is 4.98 Å². The van der Waals surface area contributed by atoms with Crippen LogP contribution in [0.4, 0.5) is 8.78 Å². The summed E-state index contributed by atoms with van der Waals surface area (Å²) in [6, 6.07) is 8.63. The second-order valence-corrected chi connectivity index (χ2v) is 6.31. The van der Waals surface area contributed by atoms with Crippen LogP contribution in [0.1, 0.15) is 17.1 Å². The van der Waals surface area contributed by atoms with Gasteiger partial charge in [0.1, 0.15) is 28.5 Å². The van der Waals surface area contributed by atoms with Gasteiger partial charge in [0, 0.05) is 17.8 Å². The fraction of sp³-hybridized carbons (Fsp3) is 0.167. The van der Waals surface area contributed by atoms with Gasteiger partial charge in [0.25, 0.3) is 5.56 Å². The molecule has 0 amide bonds. The summed E-state index contributed by atoms with van der Waals surface area (Å²) >= 11 is 3.19. The Labute approximate surface area is 156 Å². The Kier molecular flexibility index (Phi) is 5.41. The van der Waals surface area contributed by atoms with Crippen LogP contribution < -0.4 is 10.3 Å². The number of hydrogen-bond donors (Lipinski definition) is 0. The molecule has 2 heterocycles. The number of aromatic nitrogens is 3. The summed E-state index contributed by atoms with van der Waals surface area (Å²) in [5.41, 5.74) is 0.543. The number of benzene rings is 1. The molecule has 0 bridgehead atoms. The molecule has 3 rings (SSSR count). The van der Waals surface area contributed by atoms with E-state index in [9.17, 15) is 13.6 Å². The lowest BCUT2D eigenvalue weighted by Crippen LogP contribution is -2.26. The van der Waals surface area contributed by atoms with Gasteiger partial charge in [0.15, 0.2) is 0 Å². The van der Waals surface area contributed by atoms with Gasteiger partial charge in [-0.3, -0.25) is 14.3 Å². The molecule has 0 aliphatic heterocycles. The molecule has 0 saturated heterocycles. The highest BCUT2D eigenvalue weighted by Crippen LogP contribution is 2.21. The second kappa shape index (κ2) is 7.74. The number of nitrogens with zero attached hydrogens (tertiary/aromatic N) is 3. The van der Waals surface area contributed by atoms with Crippen molar-refractivity contribution in [3.8, 4) is 5.88 Å². The Morgan fingerprint density at radius 2 is 2.04 bits per heavy atom. The minimum Gasteiger partial charge on any atom is -0.472 e. The van der Waals surface area contributed by atoms with Gasteiger partial charge in [0.2, 0.25) is 5.88 Å². The summed E-state index contributed by atoms with van der Waals surface area (Å²) < 4.78 is 33.7. The average Bonchev–Trinajstić information content (AvgIpc) is 2.63. The Hall–Kier alpha value is -2.61. The summed E-state index contributed by atoms with van der Waals surface area (Å²) in [6.45, 7) is 1.76. The maximum atomic E-state index is 13.7. The van der Waals surface area contributed by atoms with Gasteiger partial charge >= 0.3 is 0 Å². The van der Waals surface area contributed by atoms with Gasteiger partial charge in [-0.05, 0) is 47.1 Å². The SMILES string of the molecule is Cc1nc(OCc2ccc(F)cc2F)c(Br)c(=O)n1Cc1ccccn1. The molecule has 0 saturated carbocycles. The number of ether oxygens (including phenoxy) is 1. The zero-order chi connectivity index (χ0) is 18.7. The lowest BCUT2D eigenvalue weighted by molar-refractivity contribution is 0.282. The highest BCUT2D eigenvalue weighted by atomic mass is 79.9. The van der Waals surface area contributed by atoms with Crippen molar-refractivity contribution in [2.75, 3.05) is 0 Å². The van der Waals surface area contributed by atoms with Gasteiger partial charge in [-0.15, -0.1) is 0 Å². The summed E-state index contributed by atoms with van der Waals surface area (Å²) in [5, 5.41) is 0. The first-order chi connectivity index (χ1) is 12.5. The molecule has 3 aromatic rings. The predicted molar refractivity (Wildman–Crippen MR) is 95.0 cm³/mol. The first-order valence-corrected chi connectivity index (χ1v) is 8.48. The Morgan fingerprint density at radius 1 is 1.23 bits per heavy atom. The topological polar surface area (TPSA) is 57.0 Å². The minimum atomic E-state index is -0.721. The van der Waals surface area contributed by atoms with E-state index in [1.54, 1.807) is 19.2 Å². The fourth-order valence-corrected chi connectivity index (χ4v) is 2.75. The number of halogens is 3. The van der Waals surface area contributed by atoms with E-state index in [-0.39, 0.29) is 34.6 Å². The molecule has 5 nitrogen and oxygen atoms in total. The molecule has 0 atom stereocenters. The zero-order valence-electron chi connectivity index (χ0n) is 13.7. The van der Waals surface area contributed by atoms with Crippen LogP contribution in [0.25, 0.3) is 0 Å². The van der Waals surface area contributed by atoms with E-state index in [0.29, 0.717) is 11.5 Å². The molecular formula is C18H14BrF2N3O2. The van der Waals surface area contributed by atoms with Gasteiger partial charge < -0.3 is 4.74 Å². The first kappa shape index (κ1) is 18.2. The number of aryl methyl sites for hydroxylation is 1. The van der Waals surface area contributed by atoms with Crippen LogP contribution in [0.3, 0.4) is 0 Å². The first-order valence-electron chi connectivity index (χ1n) is 7.69. The molecule has 2 aromatic heterocycles. The molecule has 0 radical (unpaired) electrons. The summed E-state index contributed by atoms with van der Waals surface area (Å²) in [5.74, 6) is -0.910. The average molecular weight is 422 g/mol. The molecule has 134 valence electrons. The lowest BCUT2D eigenvalue weighted by Gasteiger charge is -2.13. The van der Waals surface area contributed by atoms with Crippen molar-refractivity contribution in [1.29, 1.82) is 0 Å². The Morgan fingerprint density at radius 3 is 2.73 bits per heavy atom. The molecule has 0 fully saturated rings. The van der Waals surface area contributed by atoms with Gasteiger partial charge in [-0.1, -0.05) is 6.07 Å². The maximum absolute atomic E-state index is 13.7. The van der Waals surface area contributed by atoms with Crippen molar-refractivity contribution in [1.82, 2.24) is 14.5 Å². The smallest absolute Gasteiger partial charge is 0.272 e. The number of rotatable bonds is 5. The second-order valence-electron chi connectivity index (χ2n) is 5.51. The van der Waals surface area contributed by atoms with E-state index in [1.165, 1.54) is 10.6 Å². The van der Waals surface area contributed by atoms with Crippen LogP contribution in [0.5, 0.6) is 5.88 Å². The van der Waals surface area contributed by atoms with Crippen molar-refractivity contribution in [2.45, 2.75) is 20.1 Å². The van der Waals surface area contributed by atoms with Crippen molar-refractivity contribution in [3.05, 3.63) is 86.1 Å². The minimum absolute atomic E-state index is 0.0495. The van der Waals surface area contributed by atoms with Crippen molar-refractivity contribution >= 4 is 15.9 Å². The monoisotopic (exact) mass is 421 g/mol. The van der Waals surface area contributed by atoms with Crippen molar-refractivity contribution < 1.29 is 13.5 Å². The molecule has 0 spiro atoms. The van der Waals surface area contributed by atoms with Crippen LogP contribution in [-0.2, 0) is 13.2 Å². The van der Waals surface area contributed by atoms with E-state index in [1.807, 2.05) is 12.1 Å². The van der Waals surface area contributed by atoms with Crippen molar-refractivity contribution in [3.63, 3.8) is 0 Å². The Balaban J connectivity index is 1.84. The largest absolute Gasteiger partial charge is 0.472 e. The quantitative estimate of drug-likeness (QED) is 0.631. The molecular weight excluding hydrogens is 408 g/mol. The summed E-state index contributed by atoms with van der Waals surface area (Å²) in [6.07, 6.45) is 1.65. The number of hydrogen-bond acceptors (Lipinski definition) is 4. The Bertz CT molecular complexity index is 994. The van der Waals surface area contributed by atoms with E-state index < -0.39 is 11.6 Å². The van der Waals surface area contributed by atoms with E-state index >= 15 is 0 Å². The molecule has 1 aromatic carbocycles. The van der Waals surface area contributed by atoms with Crippen molar-refractivity contribution in [2.24, 2.45) is 0 Å². The van der Waals surface area contributed by atoms with Crippen LogP contribution in [0.2, 0.25) is 0 Å². The van der Waals surface area contributed by atoms with Gasteiger partial charge in [0.05, 0.1) is 12.2 Å². The maximum Gasteiger partial charge on any atom is 0.272 e. The number of pyridine rings is 1. The highest BCUT2D eigenvalue weighted by Gasteiger charge is 2.15. The molecule has 8 heteroatoms. The van der Waals surface area contributed by atoms with Crippen LogP contribution in [0.15, 0.2) is 51.9 Å². The molecule has 0 aliphatic carbocycles. The van der Waals surface area contributed by atoms with Gasteiger partial charge in [-0.25, -0.2) is 8.78 Å². The van der Waals surface area contributed by atoms with E-state index in [2.05, 4.69) is 25.9 Å². The predicted octanol–water partition coefficient (Wildman–Crippen LogP) is 3.61. The molecule has 26 heavy (non-hydrogen) atoms. The van der Waals surface area contributed by atoms with E-state index in [4.69, 9.17) is 4.74 Å². The molecule has 0 aliphatic rings. The van der Waals surface area contributed by atoms with E-state index in [0.717, 1.165) is 12.1 Å². The fourth-order valence-electron chi connectivity index (χ4n) is 2.33. The highest BCUT2D eigenvalue weighted by molar-refractivity contribution is 9.10. The molecule has 0 unspecified atom stereocenters. The summed E-state index contributed by atoms with van der Waals surface area (Å²) in [4.78, 5) is 21.0. The molecule has 0 N–H and O–H groups in total. The normalized spacial score (nSPS) is 10.8. The lowest BCUT2D eigenvalue weighted by atomic mass is 10.2. The third kappa shape index (κ3) is 3.96. The third-order valence-electron chi connectivity index (χ3n) is 3.70. The summed E-state index contributed by atoms with van der Waals surface area (Å²) in [7, 11) is 0. The zero-order valence-corrected chi connectivity index (χ0v) is 15.3. The third-order valence-corrected chi connectivity index (χ3v) is 4.38. The standard InChI is InChI=1S/C18H14BrF2N3O2/c1-11-23-17(26-10-12-5-6-13(20)8-15(12)21)16(19)18(25)24(11)9-14-4-2-3-7-22-14/h2-8H,9-10H2,1H3. The van der Waals surface area contributed by atoms with Crippen LogP contribution in [-0.4, -0.2) is 14.5 Å². The van der Waals surface area contributed by atoms with Crippen LogP contribution >= 0.6 is 15.9 Å². The van der Waals surface area contributed by atoms with Crippen LogP contribution in [0, 0.1) is 18.6 Å².